The lowest BCUT2D eigenvalue weighted by atomic mass is 10.0. The van der Waals surface area contributed by atoms with Gasteiger partial charge in [-0.25, -0.2) is 0 Å². The van der Waals surface area contributed by atoms with Crippen LogP contribution in [0.4, 0.5) is 0 Å². The van der Waals surface area contributed by atoms with Gasteiger partial charge in [-0.3, -0.25) is 14.7 Å². The van der Waals surface area contributed by atoms with Crippen molar-refractivity contribution in [3.05, 3.63) is 30.1 Å². The predicted octanol–water partition coefficient (Wildman–Crippen LogP) is 0.719. The van der Waals surface area contributed by atoms with Crippen molar-refractivity contribution < 1.29 is 4.79 Å². The summed E-state index contributed by atoms with van der Waals surface area (Å²) in [7, 11) is 0. The minimum atomic E-state index is 0.128. The van der Waals surface area contributed by atoms with Crippen molar-refractivity contribution in [3.8, 4) is 0 Å². The molecule has 3 heterocycles. The van der Waals surface area contributed by atoms with Crippen LogP contribution in [0.5, 0.6) is 0 Å². The van der Waals surface area contributed by atoms with E-state index in [2.05, 4.69) is 9.88 Å². The SMILES string of the molecule is NC1CCN(C2CCN(C(=O)c3ccncc3)C2)CC1. The summed E-state index contributed by atoms with van der Waals surface area (Å²) in [5.41, 5.74) is 6.69. The topological polar surface area (TPSA) is 62.5 Å². The van der Waals surface area contributed by atoms with E-state index in [0.717, 1.165) is 51.0 Å². The van der Waals surface area contributed by atoms with E-state index in [1.54, 1.807) is 24.5 Å². The Labute approximate surface area is 119 Å². The lowest BCUT2D eigenvalue weighted by Gasteiger charge is -2.34. The van der Waals surface area contributed by atoms with Gasteiger partial charge in [0.25, 0.3) is 5.91 Å². The standard InChI is InChI=1S/C15H22N4O/c16-13-3-8-18(9-4-13)14-5-10-19(11-14)15(20)12-1-6-17-7-2-12/h1-2,6-7,13-14H,3-5,8-11,16H2. The highest BCUT2D eigenvalue weighted by Gasteiger charge is 2.32. The minimum Gasteiger partial charge on any atom is -0.337 e. The largest absolute Gasteiger partial charge is 0.337 e. The Morgan fingerprint density at radius 2 is 1.85 bits per heavy atom. The molecule has 1 amide bonds. The lowest BCUT2D eigenvalue weighted by Crippen LogP contribution is -2.46. The van der Waals surface area contributed by atoms with Crippen LogP contribution in [0.1, 0.15) is 29.6 Å². The first-order valence-corrected chi connectivity index (χ1v) is 7.43. The van der Waals surface area contributed by atoms with Crippen LogP contribution in [-0.2, 0) is 0 Å². The number of nitrogens with two attached hydrogens (primary N) is 1. The molecule has 108 valence electrons. The first kappa shape index (κ1) is 13.5. The Kier molecular flexibility index (Phi) is 3.98. The molecule has 20 heavy (non-hydrogen) atoms. The number of amides is 1. The van der Waals surface area contributed by atoms with Gasteiger partial charge in [-0.05, 0) is 44.5 Å². The van der Waals surface area contributed by atoms with E-state index in [4.69, 9.17) is 5.73 Å². The predicted molar refractivity (Wildman–Crippen MR) is 77.3 cm³/mol. The quantitative estimate of drug-likeness (QED) is 0.863. The fraction of sp³-hybridized carbons (Fsp3) is 0.600. The van der Waals surface area contributed by atoms with E-state index in [-0.39, 0.29) is 5.91 Å². The first-order valence-electron chi connectivity index (χ1n) is 7.43. The summed E-state index contributed by atoms with van der Waals surface area (Å²) in [6.45, 7) is 3.84. The van der Waals surface area contributed by atoms with Gasteiger partial charge in [0, 0.05) is 43.1 Å². The zero-order chi connectivity index (χ0) is 13.9. The molecule has 5 nitrogen and oxygen atoms in total. The van der Waals surface area contributed by atoms with Crippen LogP contribution >= 0.6 is 0 Å². The number of carbonyl (C=O) groups excluding carboxylic acids is 1. The van der Waals surface area contributed by atoms with Gasteiger partial charge in [0.05, 0.1) is 0 Å². The summed E-state index contributed by atoms with van der Waals surface area (Å²) in [6, 6.07) is 4.45. The van der Waals surface area contributed by atoms with Gasteiger partial charge in [-0.15, -0.1) is 0 Å². The summed E-state index contributed by atoms with van der Waals surface area (Å²) in [5.74, 6) is 0.128. The van der Waals surface area contributed by atoms with E-state index in [0.29, 0.717) is 12.1 Å². The number of likely N-dealkylation sites (tertiary alicyclic amines) is 2. The zero-order valence-electron chi connectivity index (χ0n) is 11.7. The number of rotatable bonds is 2. The second-order valence-corrected chi connectivity index (χ2v) is 5.80. The number of piperidine rings is 1. The highest BCUT2D eigenvalue weighted by Crippen LogP contribution is 2.21. The summed E-state index contributed by atoms with van der Waals surface area (Å²) in [4.78, 5) is 20.8. The number of aromatic nitrogens is 1. The molecule has 2 N–H and O–H groups in total. The van der Waals surface area contributed by atoms with Gasteiger partial charge in [0.1, 0.15) is 0 Å². The number of nitrogens with zero attached hydrogens (tertiary/aromatic N) is 3. The molecular weight excluding hydrogens is 252 g/mol. The third kappa shape index (κ3) is 2.83. The smallest absolute Gasteiger partial charge is 0.254 e. The number of hydrogen-bond donors (Lipinski definition) is 1. The van der Waals surface area contributed by atoms with Crippen LogP contribution < -0.4 is 5.73 Å². The molecule has 1 unspecified atom stereocenters. The van der Waals surface area contributed by atoms with Gasteiger partial charge >= 0.3 is 0 Å². The molecule has 2 aliphatic heterocycles. The molecule has 0 aliphatic carbocycles. The molecule has 0 saturated carbocycles. The summed E-state index contributed by atoms with van der Waals surface area (Å²) in [6.07, 6.45) is 6.58. The van der Waals surface area contributed by atoms with Crippen LogP contribution in [0.2, 0.25) is 0 Å². The van der Waals surface area contributed by atoms with Crippen LogP contribution in [0.15, 0.2) is 24.5 Å². The highest BCUT2D eigenvalue weighted by molar-refractivity contribution is 5.94. The molecular formula is C15H22N4O. The van der Waals surface area contributed by atoms with Crippen molar-refractivity contribution >= 4 is 5.91 Å². The van der Waals surface area contributed by atoms with E-state index < -0.39 is 0 Å². The average molecular weight is 274 g/mol. The van der Waals surface area contributed by atoms with Gasteiger partial charge in [0.15, 0.2) is 0 Å². The molecule has 5 heteroatoms. The monoisotopic (exact) mass is 274 g/mol. The molecule has 3 rings (SSSR count). The number of carbonyl (C=O) groups is 1. The molecule has 2 aliphatic rings. The van der Waals surface area contributed by atoms with E-state index in [1.165, 1.54) is 0 Å². The molecule has 0 spiro atoms. The number of hydrogen-bond acceptors (Lipinski definition) is 4. The fourth-order valence-corrected chi connectivity index (χ4v) is 3.19. The van der Waals surface area contributed by atoms with Crippen LogP contribution in [0.25, 0.3) is 0 Å². The van der Waals surface area contributed by atoms with Crippen LogP contribution in [0.3, 0.4) is 0 Å². The molecule has 1 aromatic rings. The highest BCUT2D eigenvalue weighted by atomic mass is 16.2. The van der Waals surface area contributed by atoms with Crippen molar-refractivity contribution in [2.75, 3.05) is 26.2 Å². The van der Waals surface area contributed by atoms with E-state index >= 15 is 0 Å². The van der Waals surface area contributed by atoms with Crippen molar-refractivity contribution in [1.29, 1.82) is 0 Å². The average Bonchev–Trinajstić information content (AvgIpc) is 2.98. The van der Waals surface area contributed by atoms with E-state index in [9.17, 15) is 4.79 Å². The van der Waals surface area contributed by atoms with Gasteiger partial charge in [-0.2, -0.15) is 0 Å². The van der Waals surface area contributed by atoms with Crippen molar-refractivity contribution in [3.63, 3.8) is 0 Å². The Bertz CT molecular complexity index is 456. The second-order valence-electron chi connectivity index (χ2n) is 5.80. The van der Waals surface area contributed by atoms with Gasteiger partial charge in [0.2, 0.25) is 0 Å². The molecule has 0 radical (unpaired) electrons. The lowest BCUT2D eigenvalue weighted by molar-refractivity contribution is 0.0769. The Morgan fingerprint density at radius 3 is 2.55 bits per heavy atom. The van der Waals surface area contributed by atoms with Crippen molar-refractivity contribution in [2.24, 2.45) is 5.73 Å². The summed E-state index contributed by atoms with van der Waals surface area (Å²) >= 11 is 0. The maximum Gasteiger partial charge on any atom is 0.254 e. The van der Waals surface area contributed by atoms with Crippen LogP contribution in [-0.4, -0.2) is 59.0 Å². The third-order valence-corrected chi connectivity index (χ3v) is 4.47. The Morgan fingerprint density at radius 1 is 1.15 bits per heavy atom. The van der Waals surface area contributed by atoms with Crippen LogP contribution in [0, 0.1) is 0 Å². The fourth-order valence-electron chi connectivity index (χ4n) is 3.19. The maximum atomic E-state index is 12.4. The Balaban J connectivity index is 1.58. The van der Waals surface area contributed by atoms with E-state index in [1.807, 2.05) is 4.90 Å². The minimum absolute atomic E-state index is 0.128. The second kappa shape index (κ2) is 5.89. The molecule has 1 atom stereocenters. The van der Waals surface area contributed by atoms with Gasteiger partial charge in [-0.1, -0.05) is 0 Å². The zero-order valence-corrected chi connectivity index (χ0v) is 11.7. The summed E-state index contributed by atoms with van der Waals surface area (Å²) in [5, 5.41) is 0. The van der Waals surface area contributed by atoms with Gasteiger partial charge < -0.3 is 10.6 Å². The first-order chi connectivity index (χ1) is 9.74. The van der Waals surface area contributed by atoms with Crippen molar-refractivity contribution in [1.82, 2.24) is 14.8 Å². The number of pyridine rings is 1. The third-order valence-electron chi connectivity index (χ3n) is 4.47. The molecule has 2 fully saturated rings. The molecule has 2 saturated heterocycles. The van der Waals surface area contributed by atoms with Crippen molar-refractivity contribution in [2.45, 2.75) is 31.3 Å². The molecule has 0 aromatic carbocycles. The summed E-state index contributed by atoms with van der Waals surface area (Å²) < 4.78 is 0. The normalized spacial score (nSPS) is 25.1. The molecule has 0 bridgehead atoms. The maximum absolute atomic E-state index is 12.4. The molecule has 1 aromatic heterocycles. The Hall–Kier alpha value is -1.46.